The van der Waals surface area contributed by atoms with Crippen LogP contribution in [0.25, 0.3) is 0 Å². The van der Waals surface area contributed by atoms with E-state index in [-0.39, 0.29) is 25.6 Å². The molecule has 2 rings (SSSR count). The van der Waals surface area contributed by atoms with Crippen LogP contribution in [0.4, 0.5) is 0 Å². The van der Waals surface area contributed by atoms with Crippen LogP contribution in [0.3, 0.4) is 0 Å². The standard InChI is InChI=1S/C20H25N3O4/c24-20(27-15-17-7-2-1-3-8-17)10-6-12-26-16-19(23-25)14-21-13-18-9-4-5-11-22-18/h1-5,7-9,11,19,21H,6,10,12-16H2. The zero-order valence-electron chi connectivity index (χ0n) is 15.3. The van der Waals surface area contributed by atoms with E-state index in [4.69, 9.17) is 9.47 Å². The zero-order valence-corrected chi connectivity index (χ0v) is 15.3. The molecule has 0 aliphatic carbocycles. The van der Waals surface area contributed by atoms with E-state index in [1.54, 1.807) is 6.20 Å². The number of aromatic nitrogens is 1. The Morgan fingerprint density at radius 2 is 1.96 bits per heavy atom. The van der Waals surface area contributed by atoms with Crippen molar-refractivity contribution in [2.75, 3.05) is 19.8 Å². The van der Waals surface area contributed by atoms with E-state index in [2.05, 4.69) is 15.5 Å². The second-order valence-corrected chi connectivity index (χ2v) is 6.04. The molecule has 0 amide bonds. The Bertz CT molecular complexity index is 667. The van der Waals surface area contributed by atoms with Gasteiger partial charge in [0.1, 0.15) is 12.6 Å². The highest BCUT2D eigenvalue weighted by molar-refractivity contribution is 5.69. The van der Waals surface area contributed by atoms with Gasteiger partial charge in [0.25, 0.3) is 0 Å². The molecule has 1 aromatic carbocycles. The molecule has 144 valence electrons. The van der Waals surface area contributed by atoms with Gasteiger partial charge in [0.15, 0.2) is 0 Å². The summed E-state index contributed by atoms with van der Waals surface area (Å²) in [4.78, 5) is 26.8. The van der Waals surface area contributed by atoms with E-state index in [0.29, 0.717) is 26.1 Å². The third-order valence-electron chi connectivity index (χ3n) is 3.78. The molecule has 0 spiro atoms. The lowest BCUT2D eigenvalue weighted by Crippen LogP contribution is -2.29. The monoisotopic (exact) mass is 371 g/mol. The summed E-state index contributed by atoms with van der Waals surface area (Å²) < 4.78 is 10.6. The van der Waals surface area contributed by atoms with E-state index in [1.165, 1.54) is 0 Å². The second kappa shape index (κ2) is 12.7. The minimum absolute atomic E-state index is 0.220. The van der Waals surface area contributed by atoms with Crippen LogP contribution >= 0.6 is 0 Å². The number of carbonyl (C=O) groups excluding carboxylic acids is 1. The molecule has 0 fully saturated rings. The fraction of sp³-hybridized carbons (Fsp3) is 0.400. The maximum atomic E-state index is 11.7. The number of ether oxygens (including phenoxy) is 2. The van der Waals surface area contributed by atoms with Crippen LogP contribution in [0.15, 0.2) is 59.9 Å². The number of benzene rings is 1. The first-order valence-corrected chi connectivity index (χ1v) is 8.98. The Labute approximate surface area is 159 Å². The molecule has 7 heteroatoms. The van der Waals surface area contributed by atoms with Crippen LogP contribution in [0.5, 0.6) is 0 Å². The van der Waals surface area contributed by atoms with Crippen molar-refractivity contribution in [1.82, 2.24) is 10.3 Å². The summed E-state index contributed by atoms with van der Waals surface area (Å²) >= 11 is 0. The normalized spacial score (nSPS) is 11.7. The molecule has 1 N–H and O–H groups in total. The van der Waals surface area contributed by atoms with E-state index < -0.39 is 6.04 Å². The number of hydrogen-bond acceptors (Lipinski definition) is 7. The van der Waals surface area contributed by atoms with Gasteiger partial charge in [-0.25, -0.2) is 0 Å². The number of nitrogens with zero attached hydrogens (tertiary/aromatic N) is 2. The Morgan fingerprint density at radius 1 is 1.15 bits per heavy atom. The number of esters is 1. The summed E-state index contributed by atoms with van der Waals surface area (Å²) in [5.74, 6) is -0.260. The van der Waals surface area contributed by atoms with Gasteiger partial charge in [0.2, 0.25) is 0 Å². The predicted molar refractivity (Wildman–Crippen MR) is 102 cm³/mol. The minimum atomic E-state index is -0.473. The third kappa shape index (κ3) is 9.03. The van der Waals surface area contributed by atoms with Gasteiger partial charge in [-0.1, -0.05) is 41.6 Å². The van der Waals surface area contributed by atoms with Crippen LogP contribution < -0.4 is 5.32 Å². The highest BCUT2D eigenvalue weighted by Gasteiger charge is 2.09. The molecular formula is C20H25N3O4. The molecule has 1 heterocycles. The van der Waals surface area contributed by atoms with Crippen LogP contribution in [-0.2, 0) is 27.4 Å². The average Bonchev–Trinajstić information content (AvgIpc) is 2.72. The smallest absolute Gasteiger partial charge is 0.306 e. The van der Waals surface area contributed by atoms with Crippen LogP contribution in [0.2, 0.25) is 0 Å². The highest BCUT2D eigenvalue weighted by Crippen LogP contribution is 2.03. The maximum Gasteiger partial charge on any atom is 0.306 e. The minimum Gasteiger partial charge on any atom is -0.461 e. The fourth-order valence-corrected chi connectivity index (χ4v) is 2.34. The van der Waals surface area contributed by atoms with Crippen molar-refractivity contribution in [3.63, 3.8) is 0 Å². The van der Waals surface area contributed by atoms with Gasteiger partial charge >= 0.3 is 5.97 Å². The fourth-order valence-electron chi connectivity index (χ4n) is 2.34. The predicted octanol–water partition coefficient (Wildman–Crippen LogP) is 2.85. The van der Waals surface area contributed by atoms with Gasteiger partial charge in [0, 0.05) is 32.3 Å². The van der Waals surface area contributed by atoms with Crippen molar-refractivity contribution in [1.29, 1.82) is 0 Å². The van der Waals surface area contributed by atoms with Gasteiger partial charge in [-0.2, -0.15) is 4.91 Å². The number of nitroso groups, excluding NO2 is 1. The second-order valence-electron chi connectivity index (χ2n) is 6.04. The zero-order chi connectivity index (χ0) is 19.2. The Morgan fingerprint density at radius 3 is 2.70 bits per heavy atom. The molecule has 0 aliphatic rings. The summed E-state index contributed by atoms with van der Waals surface area (Å²) in [5.41, 5.74) is 1.86. The van der Waals surface area contributed by atoms with Crippen molar-refractivity contribution in [3.05, 3.63) is 70.9 Å². The summed E-state index contributed by atoms with van der Waals surface area (Å²) in [6.07, 6.45) is 2.55. The van der Waals surface area contributed by atoms with Crippen LogP contribution in [-0.4, -0.2) is 36.8 Å². The number of rotatable bonds is 13. The summed E-state index contributed by atoms with van der Waals surface area (Å²) in [6.45, 7) is 1.86. The lowest BCUT2D eigenvalue weighted by atomic mass is 10.2. The quantitative estimate of drug-likeness (QED) is 0.331. The molecule has 7 nitrogen and oxygen atoms in total. The van der Waals surface area contributed by atoms with E-state index in [1.807, 2.05) is 48.5 Å². The first-order valence-electron chi connectivity index (χ1n) is 8.98. The van der Waals surface area contributed by atoms with Crippen LogP contribution in [0.1, 0.15) is 24.1 Å². The molecule has 2 aromatic rings. The van der Waals surface area contributed by atoms with Crippen LogP contribution in [0, 0.1) is 4.91 Å². The topological polar surface area (TPSA) is 89.9 Å². The summed E-state index contributed by atoms with van der Waals surface area (Å²) in [6, 6.07) is 14.7. The molecule has 27 heavy (non-hydrogen) atoms. The first kappa shape index (κ1) is 20.7. The number of carbonyl (C=O) groups is 1. The Hall–Kier alpha value is -2.64. The largest absolute Gasteiger partial charge is 0.461 e. The highest BCUT2D eigenvalue weighted by atomic mass is 16.5. The van der Waals surface area contributed by atoms with E-state index >= 15 is 0 Å². The van der Waals surface area contributed by atoms with Gasteiger partial charge in [-0.3, -0.25) is 9.78 Å². The van der Waals surface area contributed by atoms with Gasteiger partial charge < -0.3 is 14.8 Å². The molecule has 1 aromatic heterocycles. The van der Waals surface area contributed by atoms with Crippen molar-refractivity contribution in [2.24, 2.45) is 5.18 Å². The Balaban J connectivity index is 1.50. The third-order valence-corrected chi connectivity index (χ3v) is 3.78. The van der Waals surface area contributed by atoms with E-state index in [9.17, 15) is 9.70 Å². The molecule has 1 unspecified atom stereocenters. The van der Waals surface area contributed by atoms with Crippen molar-refractivity contribution >= 4 is 5.97 Å². The van der Waals surface area contributed by atoms with E-state index in [0.717, 1.165) is 11.3 Å². The maximum absolute atomic E-state index is 11.7. The van der Waals surface area contributed by atoms with Crippen molar-refractivity contribution < 1.29 is 14.3 Å². The van der Waals surface area contributed by atoms with Crippen molar-refractivity contribution in [2.45, 2.75) is 32.0 Å². The number of nitrogens with one attached hydrogen (secondary N) is 1. The number of pyridine rings is 1. The summed E-state index contributed by atoms with van der Waals surface area (Å²) in [7, 11) is 0. The molecule has 1 atom stereocenters. The molecule has 0 radical (unpaired) electrons. The van der Waals surface area contributed by atoms with Gasteiger partial charge in [0.05, 0.1) is 12.3 Å². The average molecular weight is 371 g/mol. The lowest BCUT2D eigenvalue weighted by Gasteiger charge is -2.11. The molecule has 0 bridgehead atoms. The Kier molecular flexibility index (Phi) is 9.70. The van der Waals surface area contributed by atoms with Gasteiger partial charge in [-0.05, 0) is 24.1 Å². The lowest BCUT2D eigenvalue weighted by molar-refractivity contribution is -0.145. The summed E-state index contributed by atoms with van der Waals surface area (Å²) in [5, 5.41) is 6.20. The molecular weight excluding hydrogens is 346 g/mol. The SMILES string of the molecule is O=NC(CNCc1ccccn1)COCCCC(=O)OCc1ccccc1. The molecule has 0 aliphatic heterocycles. The first-order chi connectivity index (χ1) is 13.3. The van der Waals surface area contributed by atoms with Gasteiger partial charge in [-0.15, -0.1) is 0 Å². The molecule has 0 saturated heterocycles. The molecule has 0 saturated carbocycles. The number of hydrogen-bond donors (Lipinski definition) is 1. The van der Waals surface area contributed by atoms with Crippen molar-refractivity contribution in [3.8, 4) is 0 Å².